The van der Waals surface area contributed by atoms with Gasteiger partial charge in [-0.1, -0.05) is 0 Å². The summed E-state index contributed by atoms with van der Waals surface area (Å²) in [7, 11) is 0. The summed E-state index contributed by atoms with van der Waals surface area (Å²) in [6.45, 7) is 3.07. The number of aromatic nitrogens is 1. The highest BCUT2D eigenvalue weighted by atomic mass is 32.1. The highest BCUT2D eigenvalue weighted by molar-refractivity contribution is 7.73. The lowest BCUT2D eigenvalue weighted by Gasteiger charge is -1.89. The van der Waals surface area contributed by atoms with E-state index in [1.54, 1.807) is 11.3 Å². The van der Waals surface area contributed by atoms with Crippen LogP contribution in [0.2, 0.25) is 0 Å². The average Bonchev–Trinajstić information content (AvgIpc) is 2.14. The molecule has 0 unspecified atom stereocenters. The van der Waals surface area contributed by atoms with Gasteiger partial charge in [-0.15, -0.1) is 11.3 Å². The number of hydrogen-bond donors (Lipinski definition) is 0. The van der Waals surface area contributed by atoms with Crippen molar-refractivity contribution in [2.24, 2.45) is 0 Å². The third-order valence-corrected chi connectivity index (χ3v) is 2.20. The average molecular weight is 145 g/mol. The third-order valence-electron chi connectivity index (χ3n) is 0.985. The summed E-state index contributed by atoms with van der Waals surface area (Å²) in [5.41, 5.74) is 0. The topological polar surface area (TPSA) is 4.93 Å². The van der Waals surface area contributed by atoms with E-state index in [0.717, 1.165) is 10.5 Å². The molecular formula is C5H7NS2. The van der Waals surface area contributed by atoms with Crippen LogP contribution in [0.5, 0.6) is 0 Å². The molecule has 0 atom stereocenters. The lowest BCUT2D eigenvalue weighted by molar-refractivity contribution is 0.764. The van der Waals surface area contributed by atoms with Crippen molar-refractivity contribution < 1.29 is 0 Å². The van der Waals surface area contributed by atoms with Crippen molar-refractivity contribution in [2.45, 2.75) is 13.5 Å². The summed E-state index contributed by atoms with van der Waals surface area (Å²) in [5, 5.41) is 2.01. The quantitative estimate of drug-likeness (QED) is 0.549. The van der Waals surface area contributed by atoms with Crippen LogP contribution < -0.4 is 0 Å². The molecule has 0 fully saturated rings. The zero-order valence-corrected chi connectivity index (χ0v) is 6.26. The molecular weight excluding hydrogens is 138 g/mol. The first-order valence-corrected chi connectivity index (χ1v) is 3.77. The Hall–Kier alpha value is -0.150. The Morgan fingerprint density at radius 3 is 2.88 bits per heavy atom. The van der Waals surface area contributed by atoms with Crippen molar-refractivity contribution >= 4 is 23.6 Å². The fourth-order valence-corrected chi connectivity index (χ4v) is 1.53. The van der Waals surface area contributed by atoms with Gasteiger partial charge in [0.25, 0.3) is 0 Å². The Morgan fingerprint density at radius 1 is 1.88 bits per heavy atom. The van der Waals surface area contributed by atoms with Gasteiger partial charge in [-0.2, -0.15) is 0 Å². The van der Waals surface area contributed by atoms with E-state index in [1.165, 1.54) is 0 Å². The predicted octanol–water partition coefficient (Wildman–Crippen LogP) is 2.30. The van der Waals surface area contributed by atoms with Crippen LogP contribution in [0.4, 0.5) is 0 Å². The van der Waals surface area contributed by atoms with Crippen molar-refractivity contribution in [3.8, 4) is 0 Å². The van der Waals surface area contributed by atoms with Crippen LogP contribution in [-0.4, -0.2) is 4.57 Å². The fraction of sp³-hybridized carbons (Fsp3) is 0.400. The van der Waals surface area contributed by atoms with Gasteiger partial charge in [-0.25, -0.2) is 0 Å². The van der Waals surface area contributed by atoms with E-state index in [0.29, 0.717) is 0 Å². The Morgan fingerprint density at radius 2 is 2.62 bits per heavy atom. The Kier molecular flexibility index (Phi) is 1.81. The van der Waals surface area contributed by atoms with E-state index in [-0.39, 0.29) is 0 Å². The largest absolute Gasteiger partial charge is 0.330 e. The molecule has 0 aliphatic rings. The van der Waals surface area contributed by atoms with Crippen LogP contribution in [0.25, 0.3) is 0 Å². The van der Waals surface area contributed by atoms with E-state index in [4.69, 9.17) is 12.2 Å². The van der Waals surface area contributed by atoms with Gasteiger partial charge in [0.15, 0.2) is 3.95 Å². The summed E-state index contributed by atoms with van der Waals surface area (Å²) in [6, 6.07) is 0. The normalized spacial score (nSPS) is 9.62. The van der Waals surface area contributed by atoms with Gasteiger partial charge in [0.1, 0.15) is 0 Å². The van der Waals surface area contributed by atoms with Crippen molar-refractivity contribution in [1.82, 2.24) is 4.57 Å². The number of rotatable bonds is 1. The fourth-order valence-electron chi connectivity index (χ4n) is 0.525. The zero-order valence-electron chi connectivity index (χ0n) is 4.63. The molecule has 0 radical (unpaired) electrons. The van der Waals surface area contributed by atoms with Crippen molar-refractivity contribution in [3.63, 3.8) is 0 Å². The lowest BCUT2D eigenvalue weighted by atomic mass is 10.7. The smallest absolute Gasteiger partial charge is 0.161 e. The second-order valence-corrected chi connectivity index (χ2v) is 2.99. The first kappa shape index (κ1) is 5.98. The van der Waals surface area contributed by atoms with Gasteiger partial charge in [-0.05, 0) is 19.1 Å². The highest BCUT2D eigenvalue weighted by Crippen LogP contribution is 2.01. The van der Waals surface area contributed by atoms with Crippen LogP contribution in [0, 0.1) is 3.95 Å². The zero-order chi connectivity index (χ0) is 5.98. The molecule has 0 bridgehead atoms. The Labute approximate surface area is 57.6 Å². The van der Waals surface area contributed by atoms with Crippen LogP contribution in [0.3, 0.4) is 0 Å². The molecule has 0 N–H and O–H groups in total. The molecule has 0 spiro atoms. The standard InChI is InChI=1S/C5H7NS2/c1-2-6-3-4-8-5(6)7/h3-4H,2H2,1H3. The highest BCUT2D eigenvalue weighted by Gasteiger charge is 1.84. The second kappa shape index (κ2) is 2.42. The van der Waals surface area contributed by atoms with E-state index in [9.17, 15) is 0 Å². The van der Waals surface area contributed by atoms with Crippen molar-refractivity contribution in [3.05, 3.63) is 15.5 Å². The summed E-state index contributed by atoms with van der Waals surface area (Å²) < 4.78 is 3.01. The number of aryl methyl sites for hydroxylation is 1. The molecule has 1 aromatic rings. The monoisotopic (exact) mass is 145 g/mol. The van der Waals surface area contributed by atoms with Crippen LogP contribution in [-0.2, 0) is 6.54 Å². The molecule has 1 heterocycles. The second-order valence-electron chi connectivity index (χ2n) is 1.45. The minimum absolute atomic E-state index is 0.965. The Bertz CT molecular complexity index is 210. The van der Waals surface area contributed by atoms with Gasteiger partial charge in [-0.3, -0.25) is 0 Å². The molecule has 1 nitrogen and oxygen atoms in total. The predicted molar refractivity (Wildman–Crippen MR) is 38.8 cm³/mol. The lowest BCUT2D eigenvalue weighted by Crippen LogP contribution is -1.87. The van der Waals surface area contributed by atoms with Gasteiger partial charge < -0.3 is 4.57 Å². The number of hydrogen-bond acceptors (Lipinski definition) is 2. The van der Waals surface area contributed by atoms with Gasteiger partial charge in [0, 0.05) is 18.1 Å². The summed E-state index contributed by atoms with van der Waals surface area (Å²) in [5.74, 6) is 0. The van der Waals surface area contributed by atoms with E-state index in [1.807, 2.05) is 16.1 Å². The summed E-state index contributed by atoms with van der Waals surface area (Å²) in [4.78, 5) is 0. The van der Waals surface area contributed by atoms with Gasteiger partial charge >= 0.3 is 0 Å². The molecule has 3 heteroatoms. The molecule has 0 aromatic carbocycles. The van der Waals surface area contributed by atoms with E-state index in [2.05, 4.69) is 6.92 Å². The molecule has 0 saturated carbocycles. The SMILES string of the molecule is CCn1ccsc1=S. The molecule has 0 saturated heterocycles. The molecule has 0 amide bonds. The van der Waals surface area contributed by atoms with Gasteiger partial charge in [0.2, 0.25) is 0 Å². The number of nitrogens with zero attached hydrogens (tertiary/aromatic N) is 1. The van der Waals surface area contributed by atoms with E-state index >= 15 is 0 Å². The molecule has 44 valence electrons. The number of thiazole rings is 1. The van der Waals surface area contributed by atoms with Gasteiger partial charge in [0.05, 0.1) is 0 Å². The summed E-state index contributed by atoms with van der Waals surface area (Å²) >= 11 is 6.57. The van der Waals surface area contributed by atoms with Crippen LogP contribution in [0.1, 0.15) is 6.92 Å². The molecule has 0 aliphatic heterocycles. The first-order chi connectivity index (χ1) is 3.84. The maximum Gasteiger partial charge on any atom is 0.161 e. The van der Waals surface area contributed by atoms with Crippen LogP contribution >= 0.6 is 23.6 Å². The first-order valence-electron chi connectivity index (χ1n) is 2.48. The maximum atomic E-state index is 4.97. The molecule has 1 rings (SSSR count). The summed E-state index contributed by atoms with van der Waals surface area (Å²) in [6.07, 6.45) is 2.01. The Balaban J connectivity index is 3.11. The molecule has 0 aliphatic carbocycles. The van der Waals surface area contributed by atoms with Crippen LogP contribution in [0.15, 0.2) is 11.6 Å². The van der Waals surface area contributed by atoms with E-state index < -0.39 is 0 Å². The van der Waals surface area contributed by atoms with Crippen molar-refractivity contribution in [1.29, 1.82) is 0 Å². The minimum atomic E-state index is 0.965. The third kappa shape index (κ3) is 0.980. The molecule has 1 aromatic heterocycles. The minimum Gasteiger partial charge on any atom is -0.330 e. The van der Waals surface area contributed by atoms with Crippen molar-refractivity contribution in [2.75, 3.05) is 0 Å². The molecule has 8 heavy (non-hydrogen) atoms. The maximum absolute atomic E-state index is 4.97.